The molecule has 2 unspecified atom stereocenters. The molecule has 6 heteroatoms. The van der Waals surface area contributed by atoms with Gasteiger partial charge in [-0.05, 0) is 49.1 Å². The molecule has 1 heterocycles. The van der Waals surface area contributed by atoms with Gasteiger partial charge in [0, 0.05) is 0 Å². The van der Waals surface area contributed by atoms with Gasteiger partial charge >= 0.3 is 5.97 Å². The summed E-state index contributed by atoms with van der Waals surface area (Å²) >= 11 is 3.39. The van der Waals surface area contributed by atoms with Gasteiger partial charge in [0.2, 0.25) is 0 Å². The van der Waals surface area contributed by atoms with Crippen LogP contribution in [-0.2, 0) is 20.7 Å². The number of hydrogen-bond donors (Lipinski definition) is 0. The lowest BCUT2D eigenvalue weighted by Gasteiger charge is -2.35. The van der Waals surface area contributed by atoms with Crippen LogP contribution in [0, 0.1) is 5.41 Å². The van der Waals surface area contributed by atoms with E-state index in [4.69, 9.17) is 9.15 Å². The number of allylic oxidation sites excluding steroid dienone is 1. The molecule has 0 bridgehead atoms. The Morgan fingerprint density at radius 2 is 2.08 bits per heavy atom. The normalized spacial score (nSPS) is 24.7. The average Bonchev–Trinajstić information content (AvgIpc) is 2.93. The predicted molar refractivity (Wildman–Crippen MR) is 101 cm³/mol. The minimum absolute atomic E-state index is 0.00446. The fraction of sp³-hybridized carbons (Fsp3) is 0.556. The third-order valence-corrected chi connectivity index (χ3v) is 7.41. The summed E-state index contributed by atoms with van der Waals surface area (Å²) in [6.07, 6.45) is 6.11. The molecule has 0 aliphatic heterocycles. The molecule has 0 radical (unpaired) electrons. The second-order valence-corrected chi connectivity index (χ2v) is 13.7. The third-order valence-electron chi connectivity index (χ3n) is 4.58. The smallest absolute Gasteiger partial charge is 0.315 e. The highest BCUT2D eigenvalue weighted by Crippen LogP contribution is 2.41. The second kappa shape index (κ2) is 7.00. The van der Waals surface area contributed by atoms with E-state index in [0.717, 1.165) is 11.1 Å². The van der Waals surface area contributed by atoms with Gasteiger partial charge in [0.1, 0.15) is 0 Å². The summed E-state index contributed by atoms with van der Waals surface area (Å²) in [5.41, 5.74) is 1.07. The maximum atomic E-state index is 12.6. The van der Waals surface area contributed by atoms with Crippen LogP contribution in [0.4, 0.5) is 0 Å². The Hall–Kier alpha value is -1.14. The number of rotatable bonds is 5. The minimum Gasteiger partial charge on any atom is -0.472 e. The largest absolute Gasteiger partial charge is 0.472 e. The van der Waals surface area contributed by atoms with Crippen molar-refractivity contribution in [3.05, 3.63) is 29.7 Å². The fourth-order valence-electron chi connectivity index (χ4n) is 3.09. The predicted octanol–water partition coefficient (Wildman–Crippen LogP) is 3.60. The van der Waals surface area contributed by atoms with Crippen molar-refractivity contribution in [3.63, 3.8) is 0 Å². The molecule has 0 saturated heterocycles. The zero-order valence-corrected chi connectivity index (χ0v) is 17.5. The quantitative estimate of drug-likeness (QED) is 0.421. The van der Waals surface area contributed by atoms with Crippen LogP contribution in [0.5, 0.6) is 0 Å². The summed E-state index contributed by atoms with van der Waals surface area (Å²) in [7, 11) is -1.56. The minimum atomic E-state index is -1.56. The first-order valence-corrected chi connectivity index (χ1v) is 12.6. The van der Waals surface area contributed by atoms with E-state index >= 15 is 0 Å². The van der Waals surface area contributed by atoms with E-state index in [1.165, 1.54) is 5.19 Å². The fourth-order valence-corrected chi connectivity index (χ4v) is 5.40. The monoisotopic (exact) mass is 412 g/mol. The first-order valence-electron chi connectivity index (χ1n) is 8.21. The maximum absolute atomic E-state index is 12.6. The van der Waals surface area contributed by atoms with Crippen LogP contribution >= 0.6 is 15.9 Å². The van der Waals surface area contributed by atoms with Crippen LogP contribution in [0.2, 0.25) is 19.6 Å². The lowest BCUT2D eigenvalue weighted by Crippen LogP contribution is -2.42. The van der Waals surface area contributed by atoms with E-state index in [1.54, 1.807) is 19.3 Å². The van der Waals surface area contributed by atoms with Crippen LogP contribution in [0.3, 0.4) is 0 Å². The van der Waals surface area contributed by atoms with Crippen molar-refractivity contribution < 1.29 is 18.7 Å². The highest BCUT2D eigenvalue weighted by molar-refractivity contribution is 9.10. The van der Waals surface area contributed by atoms with Gasteiger partial charge in [-0.25, -0.2) is 0 Å². The molecule has 0 N–H and O–H groups in total. The van der Waals surface area contributed by atoms with Gasteiger partial charge in [-0.15, -0.1) is 0 Å². The van der Waals surface area contributed by atoms with Crippen molar-refractivity contribution in [3.8, 4) is 0 Å². The van der Waals surface area contributed by atoms with Crippen molar-refractivity contribution in [1.82, 2.24) is 0 Å². The molecule has 24 heavy (non-hydrogen) atoms. The van der Waals surface area contributed by atoms with E-state index in [2.05, 4.69) is 35.6 Å². The Morgan fingerprint density at radius 1 is 1.42 bits per heavy atom. The van der Waals surface area contributed by atoms with Gasteiger partial charge in [0.25, 0.3) is 0 Å². The summed E-state index contributed by atoms with van der Waals surface area (Å²) in [6, 6.07) is 0. The number of carbonyl (C=O) groups is 2. The Morgan fingerprint density at radius 3 is 2.67 bits per heavy atom. The van der Waals surface area contributed by atoms with Gasteiger partial charge in [-0.1, -0.05) is 35.6 Å². The van der Waals surface area contributed by atoms with Crippen molar-refractivity contribution in [2.75, 3.05) is 6.61 Å². The van der Waals surface area contributed by atoms with E-state index in [1.807, 2.05) is 13.2 Å². The van der Waals surface area contributed by atoms with Crippen LogP contribution in [0.1, 0.15) is 25.8 Å². The number of alkyl halides is 1. The number of halogens is 1. The first-order chi connectivity index (χ1) is 11.1. The molecule has 0 spiro atoms. The van der Waals surface area contributed by atoms with Crippen molar-refractivity contribution in [2.24, 2.45) is 5.41 Å². The first kappa shape index (κ1) is 19.2. The Bertz CT molecular complexity index is 671. The molecule has 132 valence electrons. The molecule has 0 aromatic carbocycles. The van der Waals surface area contributed by atoms with Crippen LogP contribution in [0.15, 0.2) is 28.6 Å². The number of carbonyl (C=O) groups excluding carboxylic acids is 2. The topological polar surface area (TPSA) is 56.5 Å². The van der Waals surface area contributed by atoms with E-state index in [9.17, 15) is 9.59 Å². The van der Waals surface area contributed by atoms with Crippen LogP contribution in [0.25, 0.3) is 0 Å². The summed E-state index contributed by atoms with van der Waals surface area (Å²) in [4.78, 5) is 24.4. The van der Waals surface area contributed by atoms with E-state index in [-0.39, 0.29) is 16.6 Å². The lowest BCUT2D eigenvalue weighted by molar-refractivity contribution is -0.152. The molecular weight excluding hydrogens is 388 g/mol. The van der Waals surface area contributed by atoms with Crippen LogP contribution in [-0.4, -0.2) is 31.3 Å². The molecule has 1 aliphatic carbocycles. The number of hydrogen-bond acceptors (Lipinski definition) is 4. The van der Waals surface area contributed by atoms with Gasteiger partial charge < -0.3 is 9.15 Å². The zero-order valence-electron chi connectivity index (χ0n) is 14.9. The average molecular weight is 413 g/mol. The van der Waals surface area contributed by atoms with Gasteiger partial charge in [0.05, 0.1) is 37.4 Å². The molecule has 2 atom stereocenters. The Kier molecular flexibility index (Phi) is 5.60. The van der Waals surface area contributed by atoms with Crippen molar-refractivity contribution in [1.29, 1.82) is 0 Å². The van der Waals surface area contributed by atoms with E-state index in [0.29, 0.717) is 19.4 Å². The maximum Gasteiger partial charge on any atom is 0.315 e. The van der Waals surface area contributed by atoms with Crippen molar-refractivity contribution in [2.45, 2.75) is 51.2 Å². The van der Waals surface area contributed by atoms with Gasteiger partial charge in [-0.2, -0.15) is 0 Å². The highest BCUT2D eigenvalue weighted by Gasteiger charge is 2.45. The standard InChI is InChI=1S/C18H25BrO4Si/c1-6-23-17(21)18(2)9-14(19)15(20)8-13(18)7-12-10-22-11-16(12)24(3,4)5/h8,10-11,14H,6-7,9H2,1-5H3. The van der Waals surface area contributed by atoms with Gasteiger partial charge in [-0.3, -0.25) is 9.59 Å². The molecule has 0 fully saturated rings. The molecular formula is C18H25BrO4Si. The lowest BCUT2D eigenvalue weighted by atomic mass is 9.71. The highest BCUT2D eigenvalue weighted by atomic mass is 79.9. The summed E-state index contributed by atoms with van der Waals surface area (Å²) < 4.78 is 10.7. The molecule has 1 aliphatic rings. The molecule has 0 amide bonds. The summed E-state index contributed by atoms with van der Waals surface area (Å²) in [5.74, 6) is -0.268. The Labute approximate surface area is 152 Å². The molecule has 2 rings (SSSR count). The second-order valence-electron chi connectivity index (χ2n) is 7.53. The SMILES string of the molecule is CCOC(=O)C1(C)CC(Br)C(=O)C=C1Cc1cocc1[Si](C)(C)C. The summed E-state index contributed by atoms with van der Waals surface area (Å²) in [6.45, 7) is 10.7. The van der Waals surface area contributed by atoms with Crippen molar-refractivity contribution >= 4 is 40.9 Å². The zero-order chi connectivity index (χ0) is 18.1. The van der Waals surface area contributed by atoms with Crippen LogP contribution < -0.4 is 5.19 Å². The van der Waals surface area contributed by atoms with E-state index < -0.39 is 13.5 Å². The Balaban J connectivity index is 2.41. The number of furan rings is 1. The summed E-state index contributed by atoms with van der Waals surface area (Å²) in [5, 5.41) is 1.23. The number of ether oxygens (including phenoxy) is 1. The third kappa shape index (κ3) is 3.75. The van der Waals surface area contributed by atoms with Gasteiger partial charge in [0.15, 0.2) is 5.78 Å². The number of ketones is 1. The number of esters is 1. The molecule has 4 nitrogen and oxygen atoms in total. The molecule has 0 saturated carbocycles. The molecule has 1 aromatic heterocycles. The molecule has 1 aromatic rings.